The molecular weight excluding hydrogens is 214 g/mol. The molecule has 0 bridgehead atoms. The van der Waals surface area contributed by atoms with Crippen molar-refractivity contribution in [1.29, 1.82) is 0 Å². The molecule has 0 aromatic carbocycles. The monoisotopic (exact) mass is 227 g/mol. The van der Waals surface area contributed by atoms with Crippen LogP contribution in [0.15, 0.2) is 16.7 Å². The summed E-state index contributed by atoms with van der Waals surface area (Å²) < 4.78 is 5.07. The van der Waals surface area contributed by atoms with Crippen molar-refractivity contribution in [1.82, 2.24) is 5.32 Å². The molecule has 1 N–H and O–H groups in total. The van der Waals surface area contributed by atoms with Crippen LogP contribution in [0.5, 0.6) is 0 Å². The molecule has 1 aliphatic carbocycles. The standard InChI is InChI=1S/C11H14ClNO2/c1-8-4-9(5-15-8)10(14)13-7-11(6-12)2-3-11/h4-5H,2-3,6-7H2,1H3,(H,13,14). The average Bonchev–Trinajstić information content (AvgIpc) is 2.90. The Labute approximate surface area is 93.8 Å². The van der Waals surface area contributed by atoms with Crippen molar-refractivity contribution >= 4 is 17.5 Å². The summed E-state index contributed by atoms with van der Waals surface area (Å²) >= 11 is 5.82. The van der Waals surface area contributed by atoms with Gasteiger partial charge in [-0.25, -0.2) is 0 Å². The van der Waals surface area contributed by atoms with E-state index in [1.807, 2.05) is 6.92 Å². The normalized spacial score (nSPS) is 17.5. The quantitative estimate of drug-likeness (QED) is 0.803. The minimum absolute atomic E-state index is 0.0803. The minimum Gasteiger partial charge on any atom is -0.469 e. The molecule has 1 aromatic heterocycles. The van der Waals surface area contributed by atoms with E-state index in [1.165, 1.54) is 6.26 Å². The van der Waals surface area contributed by atoms with Gasteiger partial charge in [-0.05, 0) is 25.8 Å². The van der Waals surface area contributed by atoms with Crippen molar-refractivity contribution in [2.24, 2.45) is 5.41 Å². The van der Waals surface area contributed by atoms with Gasteiger partial charge in [0.05, 0.1) is 5.56 Å². The third kappa shape index (κ3) is 2.34. The minimum atomic E-state index is -0.0803. The fourth-order valence-corrected chi connectivity index (χ4v) is 1.83. The largest absolute Gasteiger partial charge is 0.469 e. The second-order valence-electron chi connectivity index (χ2n) is 4.26. The van der Waals surface area contributed by atoms with Gasteiger partial charge in [0.15, 0.2) is 0 Å². The Balaban J connectivity index is 1.88. The molecule has 0 saturated heterocycles. The van der Waals surface area contributed by atoms with Crippen LogP contribution in [0, 0.1) is 12.3 Å². The molecule has 2 rings (SSSR count). The highest BCUT2D eigenvalue weighted by atomic mass is 35.5. The van der Waals surface area contributed by atoms with Crippen LogP contribution in [0.4, 0.5) is 0 Å². The third-order valence-electron chi connectivity index (χ3n) is 2.86. The first-order valence-corrected chi connectivity index (χ1v) is 5.58. The number of nitrogens with one attached hydrogen (secondary N) is 1. The maximum Gasteiger partial charge on any atom is 0.254 e. The van der Waals surface area contributed by atoms with Gasteiger partial charge < -0.3 is 9.73 Å². The van der Waals surface area contributed by atoms with Crippen molar-refractivity contribution < 1.29 is 9.21 Å². The van der Waals surface area contributed by atoms with Crippen LogP contribution in [0.1, 0.15) is 29.0 Å². The molecule has 1 heterocycles. The second-order valence-corrected chi connectivity index (χ2v) is 4.53. The molecule has 0 unspecified atom stereocenters. The highest BCUT2D eigenvalue weighted by molar-refractivity contribution is 6.18. The van der Waals surface area contributed by atoms with Crippen LogP contribution in [0.25, 0.3) is 0 Å². The zero-order chi connectivity index (χ0) is 10.9. The van der Waals surface area contributed by atoms with E-state index in [9.17, 15) is 4.79 Å². The molecule has 15 heavy (non-hydrogen) atoms. The SMILES string of the molecule is Cc1cc(C(=O)NCC2(CCl)CC2)co1. The van der Waals surface area contributed by atoms with E-state index >= 15 is 0 Å². The number of carbonyl (C=O) groups is 1. The summed E-state index contributed by atoms with van der Waals surface area (Å²) in [6, 6.07) is 1.73. The Morgan fingerprint density at radius 2 is 2.40 bits per heavy atom. The molecule has 0 atom stereocenters. The molecule has 1 aliphatic rings. The highest BCUT2D eigenvalue weighted by Gasteiger charge is 2.41. The summed E-state index contributed by atoms with van der Waals surface area (Å²) in [7, 11) is 0. The van der Waals surface area contributed by atoms with Gasteiger partial charge in [-0.15, -0.1) is 11.6 Å². The van der Waals surface area contributed by atoms with Crippen LogP contribution in [0.2, 0.25) is 0 Å². The Morgan fingerprint density at radius 1 is 1.67 bits per heavy atom. The number of carbonyl (C=O) groups excluding carboxylic acids is 1. The molecular formula is C11H14ClNO2. The van der Waals surface area contributed by atoms with Gasteiger partial charge in [0.2, 0.25) is 0 Å². The lowest BCUT2D eigenvalue weighted by atomic mass is 10.1. The van der Waals surface area contributed by atoms with Crippen molar-refractivity contribution in [3.05, 3.63) is 23.7 Å². The number of amides is 1. The summed E-state index contributed by atoms with van der Waals surface area (Å²) in [4.78, 5) is 11.6. The summed E-state index contributed by atoms with van der Waals surface area (Å²) in [6.07, 6.45) is 3.70. The Bertz CT molecular complexity index is 368. The number of hydrogen-bond donors (Lipinski definition) is 1. The summed E-state index contributed by atoms with van der Waals surface area (Å²) in [5, 5.41) is 2.88. The highest BCUT2D eigenvalue weighted by Crippen LogP contribution is 2.45. The fourth-order valence-electron chi connectivity index (χ4n) is 1.47. The molecule has 1 saturated carbocycles. The summed E-state index contributed by atoms with van der Waals surface area (Å²) in [5.41, 5.74) is 0.744. The Morgan fingerprint density at radius 3 is 2.87 bits per heavy atom. The van der Waals surface area contributed by atoms with Gasteiger partial charge in [0, 0.05) is 17.8 Å². The lowest BCUT2D eigenvalue weighted by Gasteiger charge is -2.11. The van der Waals surface area contributed by atoms with E-state index in [2.05, 4.69) is 5.32 Å². The molecule has 0 spiro atoms. The smallest absolute Gasteiger partial charge is 0.254 e. The predicted molar refractivity (Wildman–Crippen MR) is 58.2 cm³/mol. The lowest BCUT2D eigenvalue weighted by Crippen LogP contribution is -2.30. The van der Waals surface area contributed by atoms with E-state index in [4.69, 9.17) is 16.0 Å². The number of halogens is 1. The molecule has 1 fully saturated rings. The average molecular weight is 228 g/mol. The van der Waals surface area contributed by atoms with E-state index in [1.54, 1.807) is 6.07 Å². The number of hydrogen-bond acceptors (Lipinski definition) is 2. The van der Waals surface area contributed by atoms with Gasteiger partial charge in [-0.3, -0.25) is 4.79 Å². The van der Waals surface area contributed by atoms with Crippen LogP contribution < -0.4 is 5.32 Å². The van der Waals surface area contributed by atoms with Crippen LogP contribution in [0.3, 0.4) is 0 Å². The van der Waals surface area contributed by atoms with E-state index in [0.29, 0.717) is 18.0 Å². The maximum atomic E-state index is 11.6. The number of furan rings is 1. The molecule has 0 radical (unpaired) electrons. The lowest BCUT2D eigenvalue weighted by molar-refractivity contribution is 0.0946. The molecule has 1 amide bonds. The van der Waals surface area contributed by atoms with Gasteiger partial charge in [0.25, 0.3) is 5.91 Å². The molecule has 0 aliphatic heterocycles. The van der Waals surface area contributed by atoms with Gasteiger partial charge in [-0.1, -0.05) is 0 Å². The zero-order valence-electron chi connectivity index (χ0n) is 8.68. The van der Waals surface area contributed by atoms with Crippen LogP contribution in [-0.2, 0) is 0 Å². The first-order chi connectivity index (χ1) is 7.15. The first-order valence-electron chi connectivity index (χ1n) is 5.05. The molecule has 4 heteroatoms. The third-order valence-corrected chi connectivity index (χ3v) is 3.42. The van der Waals surface area contributed by atoms with E-state index in [-0.39, 0.29) is 11.3 Å². The number of alkyl halides is 1. The van der Waals surface area contributed by atoms with Gasteiger partial charge in [0.1, 0.15) is 12.0 Å². The van der Waals surface area contributed by atoms with E-state index < -0.39 is 0 Å². The number of rotatable bonds is 4. The molecule has 3 nitrogen and oxygen atoms in total. The predicted octanol–water partition coefficient (Wildman–Crippen LogP) is 2.34. The molecule has 1 aromatic rings. The summed E-state index contributed by atoms with van der Waals surface area (Å²) in [6.45, 7) is 2.48. The fraction of sp³-hybridized carbons (Fsp3) is 0.545. The topological polar surface area (TPSA) is 42.2 Å². The Kier molecular flexibility index (Phi) is 2.74. The second kappa shape index (κ2) is 3.89. The van der Waals surface area contributed by atoms with Crippen molar-refractivity contribution in [2.45, 2.75) is 19.8 Å². The van der Waals surface area contributed by atoms with Gasteiger partial charge in [-0.2, -0.15) is 0 Å². The maximum absolute atomic E-state index is 11.6. The van der Waals surface area contributed by atoms with E-state index in [0.717, 1.165) is 18.6 Å². The Hall–Kier alpha value is -0.960. The van der Waals surface area contributed by atoms with Crippen molar-refractivity contribution in [3.8, 4) is 0 Å². The molecule has 82 valence electrons. The van der Waals surface area contributed by atoms with Crippen molar-refractivity contribution in [3.63, 3.8) is 0 Å². The summed E-state index contributed by atoms with van der Waals surface area (Å²) in [5.74, 6) is 1.29. The number of aryl methyl sites for hydroxylation is 1. The van der Waals surface area contributed by atoms with Gasteiger partial charge >= 0.3 is 0 Å². The zero-order valence-corrected chi connectivity index (χ0v) is 9.43. The van der Waals surface area contributed by atoms with Crippen molar-refractivity contribution in [2.75, 3.05) is 12.4 Å². The van der Waals surface area contributed by atoms with Crippen LogP contribution >= 0.6 is 11.6 Å². The van der Waals surface area contributed by atoms with Crippen LogP contribution in [-0.4, -0.2) is 18.3 Å². The first kappa shape index (κ1) is 10.6.